The van der Waals surface area contributed by atoms with Crippen LogP contribution in [0.5, 0.6) is 5.88 Å². The molecule has 3 N–H and O–H groups in total. The number of carboxylic acid groups (broad SMARTS) is 1. The summed E-state index contributed by atoms with van der Waals surface area (Å²) in [5.41, 5.74) is 1.30. The minimum Gasteiger partial charge on any atom is -0.474 e. The molecular formula is C24H23ClFN5O4. The zero-order valence-electron chi connectivity index (χ0n) is 18.9. The van der Waals surface area contributed by atoms with Crippen LogP contribution in [0.25, 0.3) is 21.9 Å². The van der Waals surface area contributed by atoms with E-state index in [2.05, 4.69) is 20.6 Å². The van der Waals surface area contributed by atoms with Gasteiger partial charge in [-0.05, 0) is 42.8 Å². The number of ether oxygens (including phenoxy) is 1. The first kappa shape index (κ1) is 23.1. The van der Waals surface area contributed by atoms with Crippen molar-refractivity contribution in [1.29, 1.82) is 0 Å². The van der Waals surface area contributed by atoms with Crippen molar-refractivity contribution in [3.05, 3.63) is 40.9 Å². The molecule has 182 valence electrons. The van der Waals surface area contributed by atoms with Gasteiger partial charge in [-0.3, -0.25) is 10.2 Å². The number of anilines is 2. The highest BCUT2D eigenvalue weighted by atomic mass is 35.5. The highest BCUT2D eigenvalue weighted by molar-refractivity contribution is 6.36. The largest absolute Gasteiger partial charge is 0.474 e. The third kappa shape index (κ3) is 4.29. The van der Waals surface area contributed by atoms with E-state index >= 15 is 4.39 Å². The molecule has 1 aliphatic carbocycles. The van der Waals surface area contributed by atoms with Crippen molar-refractivity contribution in [2.45, 2.75) is 38.6 Å². The molecular weight excluding hydrogens is 477 g/mol. The van der Waals surface area contributed by atoms with Crippen molar-refractivity contribution in [1.82, 2.24) is 15.3 Å². The number of fused-ring (bicyclic) bond motifs is 2. The van der Waals surface area contributed by atoms with Gasteiger partial charge in [-0.2, -0.15) is 0 Å². The van der Waals surface area contributed by atoms with Gasteiger partial charge in [0.05, 0.1) is 11.6 Å². The van der Waals surface area contributed by atoms with E-state index in [0.717, 1.165) is 30.6 Å². The van der Waals surface area contributed by atoms with E-state index in [1.807, 2.05) is 0 Å². The molecule has 0 saturated heterocycles. The van der Waals surface area contributed by atoms with E-state index in [1.165, 1.54) is 12.4 Å². The van der Waals surface area contributed by atoms with Crippen LogP contribution in [0, 0.1) is 12.7 Å². The van der Waals surface area contributed by atoms with Crippen molar-refractivity contribution < 1.29 is 23.8 Å². The van der Waals surface area contributed by atoms with Gasteiger partial charge in [0.15, 0.2) is 0 Å². The third-order valence-corrected chi connectivity index (χ3v) is 6.82. The number of benzene rings is 1. The Balaban J connectivity index is 1.53. The van der Waals surface area contributed by atoms with Gasteiger partial charge in [-0.25, -0.2) is 23.9 Å². The molecule has 35 heavy (non-hydrogen) atoms. The fourth-order valence-corrected chi connectivity index (χ4v) is 4.96. The van der Waals surface area contributed by atoms with Crippen LogP contribution >= 0.6 is 11.6 Å². The summed E-state index contributed by atoms with van der Waals surface area (Å²) < 4.78 is 20.9. The van der Waals surface area contributed by atoms with Gasteiger partial charge in [-0.1, -0.05) is 24.4 Å². The maximum atomic E-state index is 15.4. The van der Waals surface area contributed by atoms with E-state index in [1.54, 1.807) is 19.1 Å². The molecule has 2 aromatic heterocycles. The number of hydrogen-bond donors (Lipinski definition) is 3. The fourth-order valence-electron chi connectivity index (χ4n) is 4.70. The molecule has 1 fully saturated rings. The zero-order chi connectivity index (χ0) is 24.7. The molecule has 3 amide bonds. The molecule has 3 heterocycles. The topological polar surface area (TPSA) is 117 Å². The predicted molar refractivity (Wildman–Crippen MR) is 130 cm³/mol. The Morgan fingerprint density at radius 1 is 1.20 bits per heavy atom. The summed E-state index contributed by atoms with van der Waals surface area (Å²) >= 11 is 6.36. The SMILES string of the molecule is Cc1c(-c2cc3cc(NC(=O)NC4CCCC4)ncc3c(Cl)c2F)cnc2c1N(C(=O)O)CCO2. The van der Waals surface area contributed by atoms with Crippen LogP contribution in [0.2, 0.25) is 5.02 Å². The average Bonchev–Trinajstić information content (AvgIpc) is 3.34. The number of pyridine rings is 2. The van der Waals surface area contributed by atoms with Gasteiger partial charge in [-0.15, -0.1) is 0 Å². The average molecular weight is 500 g/mol. The number of nitrogens with one attached hydrogen (secondary N) is 2. The first-order valence-corrected chi connectivity index (χ1v) is 11.7. The summed E-state index contributed by atoms with van der Waals surface area (Å²) in [4.78, 5) is 33.7. The molecule has 9 nitrogen and oxygen atoms in total. The number of rotatable bonds is 3. The summed E-state index contributed by atoms with van der Waals surface area (Å²) in [7, 11) is 0. The van der Waals surface area contributed by atoms with E-state index in [9.17, 15) is 14.7 Å². The Morgan fingerprint density at radius 3 is 2.71 bits per heavy atom. The monoisotopic (exact) mass is 499 g/mol. The number of halogens is 2. The lowest BCUT2D eigenvalue weighted by Crippen LogP contribution is -2.37. The first-order chi connectivity index (χ1) is 16.8. The number of nitrogens with zero attached hydrogens (tertiary/aromatic N) is 3. The lowest BCUT2D eigenvalue weighted by Gasteiger charge is -2.28. The van der Waals surface area contributed by atoms with Gasteiger partial charge < -0.3 is 15.2 Å². The number of amides is 3. The molecule has 1 aromatic carbocycles. The molecule has 0 atom stereocenters. The van der Waals surface area contributed by atoms with Crippen LogP contribution in [-0.2, 0) is 0 Å². The minimum atomic E-state index is -1.15. The molecule has 0 unspecified atom stereocenters. The Bertz CT molecular complexity index is 1350. The molecule has 1 saturated carbocycles. The summed E-state index contributed by atoms with van der Waals surface area (Å²) in [6, 6.07) is 3.01. The summed E-state index contributed by atoms with van der Waals surface area (Å²) in [6.45, 7) is 2.00. The molecule has 1 aliphatic heterocycles. The van der Waals surface area contributed by atoms with Crippen molar-refractivity contribution in [3.8, 4) is 17.0 Å². The summed E-state index contributed by atoms with van der Waals surface area (Å²) in [5.74, 6) is -0.201. The second kappa shape index (κ2) is 9.18. The second-order valence-corrected chi connectivity index (χ2v) is 9.03. The van der Waals surface area contributed by atoms with Gasteiger partial charge in [0, 0.05) is 34.9 Å². The lowest BCUT2D eigenvalue weighted by atomic mass is 9.97. The van der Waals surface area contributed by atoms with Gasteiger partial charge in [0.25, 0.3) is 0 Å². The number of carbonyl (C=O) groups excluding carboxylic acids is 1. The molecule has 3 aromatic rings. The normalized spacial score (nSPS) is 15.6. The van der Waals surface area contributed by atoms with Crippen LogP contribution in [0.15, 0.2) is 24.5 Å². The highest BCUT2D eigenvalue weighted by Crippen LogP contribution is 2.41. The van der Waals surface area contributed by atoms with Crippen LogP contribution in [0.3, 0.4) is 0 Å². The predicted octanol–water partition coefficient (Wildman–Crippen LogP) is 5.34. The molecule has 2 aliphatic rings. The lowest BCUT2D eigenvalue weighted by molar-refractivity contribution is 0.196. The first-order valence-electron chi connectivity index (χ1n) is 11.3. The standard InChI is InChI=1S/C24H23ClFN5O4/c1-12-16(10-28-22-21(12)31(24(33)34)6-7-35-22)15-8-13-9-18(27-11-17(13)19(25)20(15)26)30-23(32)29-14-4-2-3-5-14/h8-11,14H,2-7H2,1H3,(H,33,34)(H2,27,29,30,32). The van der Waals surface area contributed by atoms with Crippen molar-refractivity contribution in [3.63, 3.8) is 0 Å². The van der Waals surface area contributed by atoms with Crippen molar-refractivity contribution in [2.24, 2.45) is 0 Å². The Kier molecular flexibility index (Phi) is 6.06. The molecule has 0 bridgehead atoms. The number of aromatic nitrogens is 2. The molecule has 11 heteroatoms. The maximum Gasteiger partial charge on any atom is 0.412 e. The second-order valence-electron chi connectivity index (χ2n) is 8.66. The van der Waals surface area contributed by atoms with Crippen LogP contribution in [0.4, 0.5) is 25.5 Å². The Morgan fingerprint density at radius 2 is 1.97 bits per heavy atom. The summed E-state index contributed by atoms with van der Waals surface area (Å²) in [6.07, 6.45) is 5.80. The number of hydrogen-bond acceptors (Lipinski definition) is 5. The highest BCUT2D eigenvalue weighted by Gasteiger charge is 2.29. The summed E-state index contributed by atoms with van der Waals surface area (Å²) in [5, 5.41) is 16.1. The smallest absolute Gasteiger partial charge is 0.412 e. The van der Waals surface area contributed by atoms with E-state index in [4.69, 9.17) is 16.3 Å². The van der Waals surface area contributed by atoms with E-state index < -0.39 is 11.9 Å². The molecule has 0 spiro atoms. The van der Waals surface area contributed by atoms with E-state index in [0.29, 0.717) is 27.7 Å². The van der Waals surface area contributed by atoms with Crippen molar-refractivity contribution in [2.75, 3.05) is 23.4 Å². The van der Waals surface area contributed by atoms with Crippen molar-refractivity contribution >= 4 is 46.0 Å². The van der Waals surface area contributed by atoms with Gasteiger partial charge in [0.2, 0.25) is 5.88 Å². The molecule has 0 radical (unpaired) electrons. The molecule has 5 rings (SSSR count). The minimum absolute atomic E-state index is 0.129. The van der Waals surface area contributed by atoms with Crippen LogP contribution in [-0.4, -0.2) is 46.4 Å². The maximum absolute atomic E-state index is 15.4. The number of urea groups is 1. The zero-order valence-corrected chi connectivity index (χ0v) is 19.7. The third-order valence-electron chi connectivity index (χ3n) is 6.45. The van der Waals surface area contributed by atoms with Gasteiger partial charge >= 0.3 is 12.1 Å². The van der Waals surface area contributed by atoms with E-state index in [-0.39, 0.29) is 47.4 Å². The number of carbonyl (C=O) groups is 2. The fraction of sp³-hybridized carbons (Fsp3) is 0.333. The van der Waals surface area contributed by atoms with Gasteiger partial charge in [0.1, 0.15) is 23.9 Å². The Labute approximate surface area is 205 Å². The Hall–Kier alpha value is -3.66. The quantitative estimate of drug-likeness (QED) is 0.448. The van der Waals surface area contributed by atoms with Crippen LogP contribution in [0.1, 0.15) is 31.2 Å². The van der Waals surface area contributed by atoms with Crippen LogP contribution < -0.4 is 20.3 Å².